The molecule has 0 fully saturated rings. The van der Waals surface area contributed by atoms with Crippen LogP contribution in [0.1, 0.15) is 12.6 Å². The fraction of sp³-hybridized carbons (Fsp3) is 0.286. The Morgan fingerprint density at radius 2 is 2.25 bits per heavy atom. The quantitative estimate of drug-likeness (QED) is 0.464. The van der Waals surface area contributed by atoms with Gasteiger partial charge < -0.3 is 11.5 Å². The molecule has 0 aliphatic heterocycles. The first kappa shape index (κ1) is 8.45. The number of hydrogen-bond donors (Lipinski definition) is 2. The van der Waals surface area contributed by atoms with Crippen LogP contribution in [0.3, 0.4) is 0 Å². The van der Waals surface area contributed by atoms with E-state index in [-0.39, 0.29) is 5.95 Å². The first-order valence-corrected chi connectivity index (χ1v) is 3.49. The van der Waals surface area contributed by atoms with Gasteiger partial charge in [-0.3, -0.25) is 0 Å². The van der Waals surface area contributed by atoms with Crippen LogP contribution in [0.15, 0.2) is 11.2 Å². The van der Waals surface area contributed by atoms with Crippen molar-refractivity contribution in [3.8, 4) is 0 Å². The number of nitrogens with zero attached hydrogens (tertiary/aromatic N) is 3. The maximum Gasteiger partial charge on any atom is 0.220 e. The van der Waals surface area contributed by atoms with Gasteiger partial charge in [0.1, 0.15) is 5.69 Å². The van der Waals surface area contributed by atoms with Gasteiger partial charge in [0.05, 0.1) is 17.7 Å². The minimum Gasteiger partial charge on any atom is -0.387 e. The van der Waals surface area contributed by atoms with Crippen LogP contribution in [-0.2, 0) is 0 Å². The van der Waals surface area contributed by atoms with Crippen molar-refractivity contribution in [3.05, 3.63) is 11.9 Å². The molecule has 0 aliphatic carbocycles. The second-order valence-corrected chi connectivity index (χ2v) is 2.45. The average Bonchev–Trinajstić information content (AvgIpc) is 1.94. The molecule has 0 saturated heterocycles. The zero-order valence-electron chi connectivity index (χ0n) is 7.07. The molecule has 0 spiro atoms. The Morgan fingerprint density at radius 3 is 2.75 bits per heavy atom. The van der Waals surface area contributed by atoms with Crippen molar-refractivity contribution in [1.29, 1.82) is 0 Å². The number of rotatable bonds is 1. The van der Waals surface area contributed by atoms with Crippen LogP contribution in [0.25, 0.3) is 0 Å². The smallest absolute Gasteiger partial charge is 0.220 e. The number of anilines is 1. The van der Waals surface area contributed by atoms with E-state index in [0.29, 0.717) is 11.5 Å². The summed E-state index contributed by atoms with van der Waals surface area (Å²) in [5.74, 6) is 0.729. The number of aryl methyl sites for hydroxylation is 1. The first-order chi connectivity index (χ1) is 5.59. The highest BCUT2D eigenvalue weighted by Gasteiger charge is 1.98. The molecule has 0 bridgehead atoms. The number of hydrogen-bond acceptors (Lipinski definition) is 4. The van der Waals surface area contributed by atoms with Crippen molar-refractivity contribution in [2.24, 2.45) is 10.7 Å². The van der Waals surface area contributed by atoms with E-state index >= 15 is 0 Å². The molecular weight excluding hydrogens is 154 g/mol. The van der Waals surface area contributed by atoms with Crippen molar-refractivity contribution in [2.75, 3.05) is 5.73 Å². The van der Waals surface area contributed by atoms with Crippen LogP contribution < -0.4 is 11.5 Å². The van der Waals surface area contributed by atoms with Crippen molar-refractivity contribution in [1.82, 2.24) is 9.97 Å². The van der Waals surface area contributed by atoms with Gasteiger partial charge in [0.15, 0.2) is 0 Å². The molecule has 1 aromatic rings. The summed E-state index contributed by atoms with van der Waals surface area (Å²) in [5, 5.41) is 0. The molecule has 0 unspecified atom stereocenters. The number of aromatic nitrogens is 2. The molecule has 4 N–H and O–H groups in total. The molecule has 1 aromatic heterocycles. The van der Waals surface area contributed by atoms with Crippen molar-refractivity contribution < 1.29 is 0 Å². The SMILES string of the molecule is CC(N)=Nc1cnc(N)nc1C. The summed E-state index contributed by atoms with van der Waals surface area (Å²) in [5.41, 5.74) is 12.1. The summed E-state index contributed by atoms with van der Waals surface area (Å²) < 4.78 is 0. The predicted molar refractivity (Wildman–Crippen MR) is 48.1 cm³/mol. The lowest BCUT2D eigenvalue weighted by molar-refractivity contribution is 1.11. The molecule has 1 heterocycles. The first-order valence-electron chi connectivity index (χ1n) is 3.49. The van der Waals surface area contributed by atoms with E-state index in [0.717, 1.165) is 5.69 Å². The minimum atomic E-state index is 0.251. The van der Waals surface area contributed by atoms with Crippen LogP contribution in [0.5, 0.6) is 0 Å². The van der Waals surface area contributed by atoms with Gasteiger partial charge >= 0.3 is 0 Å². The zero-order chi connectivity index (χ0) is 9.14. The highest BCUT2D eigenvalue weighted by atomic mass is 15.0. The van der Waals surface area contributed by atoms with Crippen molar-refractivity contribution in [2.45, 2.75) is 13.8 Å². The molecule has 0 amide bonds. The van der Waals surface area contributed by atoms with E-state index in [4.69, 9.17) is 11.5 Å². The molecule has 5 nitrogen and oxygen atoms in total. The van der Waals surface area contributed by atoms with Gasteiger partial charge in [-0.15, -0.1) is 0 Å². The Kier molecular flexibility index (Phi) is 2.23. The second kappa shape index (κ2) is 3.17. The third kappa shape index (κ3) is 1.91. The number of amidine groups is 1. The van der Waals surface area contributed by atoms with Crippen molar-refractivity contribution in [3.63, 3.8) is 0 Å². The summed E-state index contributed by atoms with van der Waals surface area (Å²) in [6.45, 7) is 3.51. The Labute approximate surface area is 70.5 Å². The summed E-state index contributed by atoms with van der Waals surface area (Å²) >= 11 is 0. The third-order valence-electron chi connectivity index (χ3n) is 1.27. The van der Waals surface area contributed by atoms with E-state index in [2.05, 4.69) is 15.0 Å². The largest absolute Gasteiger partial charge is 0.387 e. The van der Waals surface area contributed by atoms with Crippen molar-refractivity contribution >= 4 is 17.5 Å². The molecule has 5 heteroatoms. The van der Waals surface area contributed by atoms with Gasteiger partial charge in [0.2, 0.25) is 5.95 Å². The van der Waals surface area contributed by atoms with Gasteiger partial charge in [-0.2, -0.15) is 0 Å². The maximum absolute atomic E-state index is 5.39. The van der Waals surface area contributed by atoms with Crippen LogP contribution in [-0.4, -0.2) is 15.8 Å². The summed E-state index contributed by atoms with van der Waals surface area (Å²) in [6, 6.07) is 0. The molecule has 64 valence electrons. The molecular formula is C7H11N5. The molecule has 0 radical (unpaired) electrons. The van der Waals surface area contributed by atoms with Crippen LogP contribution in [0.2, 0.25) is 0 Å². The summed E-state index contributed by atoms with van der Waals surface area (Å²) in [6.07, 6.45) is 1.55. The fourth-order valence-corrected chi connectivity index (χ4v) is 0.778. The average molecular weight is 165 g/mol. The molecule has 1 rings (SSSR count). The van der Waals surface area contributed by atoms with Gasteiger partial charge in [-0.05, 0) is 13.8 Å². The lowest BCUT2D eigenvalue weighted by atomic mass is 10.4. The van der Waals surface area contributed by atoms with E-state index in [1.807, 2.05) is 0 Å². The Bertz CT molecular complexity index is 314. The van der Waals surface area contributed by atoms with E-state index < -0.39 is 0 Å². The third-order valence-corrected chi connectivity index (χ3v) is 1.27. The molecule has 0 aliphatic rings. The van der Waals surface area contributed by atoms with E-state index in [1.165, 1.54) is 0 Å². The van der Waals surface area contributed by atoms with Gasteiger partial charge in [0.25, 0.3) is 0 Å². The van der Waals surface area contributed by atoms with Gasteiger partial charge in [0, 0.05) is 0 Å². The fourth-order valence-electron chi connectivity index (χ4n) is 0.778. The van der Waals surface area contributed by atoms with E-state index in [9.17, 15) is 0 Å². The van der Waals surface area contributed by atoms with Crippen LogP contribution in [0.4, 0.5) is 11.6 Å². The second-order valence-electron chi connectivity index (χ2n) is 2.45. The Hall–Kier alpha value is -1.65. The predicted octanol–water partition coefficient (Wildman–Crippen LogP) is 0.376. The van der Waals surface area contributed by atoms with Crippen LogP contribution in [0, 0.1) is 6.92 Å². The molecule has 0 atom stereocenters. The minimum absolute atomic E-state index is 0.251. The number of nitrogen functional groups attached to an aromatic ring is 1. The number of aliphatic imine (C=N–C) groups is 1. The Balaban J connectivity index is 3.10. The lowest BCUT2D eigenvalue weighted by Gasteiger charge is -1.99. The molecule has 0 saturated carbocycles. The van der Waals surface area contributed by atoms with Crippen LogP contribution >= 0.6 is 0 Å². The zero-order valence-corrected chi connectivity index (χ0v) is 7.07. The monoisotopic (exact) mass is 165 g/mol. The molecule has 12 heavy (non-hydrogen) atoms. The highest BCUT2D eigenvalue weighted by molar-refractivity contribution is 5.80. The molecule has 0 aromatic carbocycles. The normalized spacial score (nSPS) is 11.7. The lowest BCUT2D eigenvalue weighted by Crippen LogP contribution is -2.05. The van der Waals surface area contributed by atoms with Gasteiger partial charge in [-0.25, -0.2) is 15.0 Å². The van der Waals surface area contributed by atoms with Gasteiger partial charge in [-0.1, -0.05) is 0 Å². The summed E-state index contributed by atoms with van der Waals surface area (Å²) in [4.78, 5) is 11.7. The van der Waals surface area contributed by atoms with E-state index in [1.54, 1.807) is 20.0 Å². The highest BCUT2D eigenvalue weighted by Crippen LogP contribution is 2.14. The Morgan fingerprint density at radius 1 is 1.58 bits per heavy atom. The standard InChI is InChI=1S/C7H11N5/c1-4-6(12-5(2)8)3-10-7(9)11-4/h3H,1-2H3,(H2,8,12)(H2,9,10,11). The number of nitrogens with two attached hydrogens (primary N) is 2. The summed E-state index contributed by atoms with van der Waals surface area (Å²) in [7, 11) is 0. The maximum atomic E-state index is 5.39. The topological polar surface area (TPSA) is 90.2 Å².